The van der Waals surface area contributed by atoms with Crippen molar-refractivity contribution >= 4 is 29.5 Å². The van der Waals surface area contributed by atoms with Crippen molar-refractivity contribution in [3.05, 3.63) is 24.0 Å². The maximum atomic E-state index is 10.0. The van der Waals surface area contributed by atoms with Gasteiger partial charge in [0.15, 0.2) is 6.29 Å². The van der Waals surface area contributed by atoms with Crippen LogP contribution >= 0.6 is 0 Å². The van der Waals surface area contributed by atoms with Crippen molar-refractivity contribution < 1.29 is 38.1 Å². The molecule has 2 rings (SSSR count). The van der Waals surface area contributed by atoms with E-state index in [9.17, 15) is 20.4 Å². The highest BCUT2D eigenvalue weighted by atomic mass is 28.4. The zero-order chi connectivity index (χ0) is 22.3. The molecule has 0 spiro atoms. The van der Waals surface area contributed by atoms with Crippen LogP contribution in [0, 0.1) is 0 Å². The van der Waals surface area contributed by atoms with Crippen LogP contribution in [0.3, 0.4) is 0 Å². The Kier molecular flexibility index (Phi) is 9.95. The van der Waals surface area contributed by atoms with E-state index in [4.69, 9.17) is 17.7 Å². The second-order valence-corrected chi connectivity index (χ2v) is 13.5. The molecule has 0 bridgehead atoms. The molecule has 172 valence electrons. The average Bonchev–Trinajstić information content (AvgIpc) is 3.18. The van der Waals surface area contributed by atoms with Crippen LogP contribution in [0.4, 0.5) is 0 Å². The topological polar surface area (TPSA) is 149 Å². The first-order chi connectivity index (χ1) is 14.2. The van der Waals surface area contributed by atoms with E-state index in [1.807, 2.05) is 6.92 Å². The molecule has 0 saturated carbocycles. The van der Waals surface area contributed by atoms with Crippen LogP contribution in [0.5, 0.6) is 0 Å². The van der Waals surface area contributed by atoms with Gasteiger partial charge in [0.2, 0.25) is 0 Å². The van der Waals surface area contributed by atoms with Crippen LogP contribution in [-0.2, 0) is 30.9 Å². The molecule has 0 aromatic carbocycles. The van der Waals surface area contributed by atoms with Gasteiger partial charge in [-0.2, -0.15) is 0 Å². The molecule has 5 unspecified atom stereocenters. The lowest BCUT2D eigenvalue weighted by Crippen LogP contribution is -2.59. The highest BCUT2D eigenvalue weighted by molar-refractivity contribution is 6.73. The number of allylic oxidation sites excluding steroid dienone is 1. The van der Waals surface area contributed by atoms with Crippen molar-refractivity contribution in [2.75, 3.05) is 6.61 Å². The van der Waals surface area contributed by atoms with Crippen molar-refractivity contribution in [3.63, 3.8) is 0 Å². The van der Waals surface area contributed by atoms with Gasteiger partial charge in [-0.25, -0.2) is 0 Å². The molecule has 0 radical (unpaired) electrons. The van der Waals surface area contributed by atoms with Gasteiger partial charge in [0.25, 0.3) is 0 Å². The Morgan fingerprint density at radius 1 is 1.27 bits per heavy atom. The Morgan fingerprint density at radius 3 is 2.57 bits per heavy atom. The number of hydrogen-bond donors (Lipinski definition) is 4. The van der Waals surface area contributed by atoms with E-state index in [-0.39, 0.29) is 6.61 Å². The third-order valence-corrected chi connectivity index (χ3v) is 13.3. The summed E-state index contributed by atoms with van der Waals surface area (Å²) in [4.78, 5) is 0. The van der Waals surface area contributed by atoms with Gasteiger partial charge >= 0.3 is 8.56 Å². The normalized spacial score (nSPS) is 29.2. The summed E-state index contributed by atoms with van der Waals surface area (Å²) in [7, 11) is -0.923. The number of rotatable bonds is 12. The van der Waals surface area contributed by atoms with E-state index in [0.717, 1.165) is 24.1 Å². The van der Waals surface area contributed by atoms with Gasteiger partial charge in [0, 0.05) is 12.6 Å². The van der Waals surface area contributed by atoms with Crippen LogP contribution in [0.1, 0.15) is 19.0 Å². The number of ether oxygens (including phenoxy) is 2. The molecule has 1 aromatic rings. The third kappa shape index (κ3) is 6.60. The number of aliphatic hydroxyl groups excluding tert-OH is 4. The molecule has 30 heavy (non-hydrogen) atoms. The molecule has 1 saturated heterocycles. The molecule has 1 fully saturated rings. The van der Waals surface area contributed by atoms with Crippen molar-refractivity contribution in [1.82, 2.24) is 15.0 Å². The van der Waals surface area contributed by atoms with Gasteiger partial charge in [0.05, 0.1) is 19.4 Å². The van der Waals surface area contributed by atoms with Gasteiger partial charge in [-0.15, -0.1) is 11.7 Å². The van der Waals surface area contributed by atoms with Crippen LogP contribution in [0.15, 0.2) is 18.3 Å². The fraction of sp³-hybridized carbons (Fsp3) is 0.750. The first-order valence-corrected chi connectivity index (χ1v) is 13.7. The van der Waals surface area contributed by atoms with E-state index in [1.165, 1.54) is 0 Å². The Morgan fingerprint density at radius 2 is 1.97 bits per heavy atom. The molecule has 1 aliphatic rings. The fourth-order valence-corrected chi connectivity index (χ4v) is 10.1. The zero-order valence-electron chi connectivity index (χ0n) is 17.7. The second kappa shape index (κ2) is 11.7. The van der Waals surface area contributed by atoms with Gasteiger partial charge in [-0.3, -0.25) is 4.68 Å². The Labute approximate surface area is 182 Å². The van der Waals surface area contributed by atoms with E-state index in [2.05, 4.69) is 16.9 Å². The Hall–Kier alpha value is -0.789. The van der Waals surface area contributed by atoms with Crippen LogP contribution in [0.25, 0.3) is 0 Å². The number of nitrogens with zero attached hydrogens (tertiary/aromatic N) is 3. The molecule has 5 atom stereocenters. The van der Waals surface area contributed by atoms with Crippen LogP contribution in [0.2, 0.25) is 12.1 Å². The van der Waals surface area contributed by atoms with Crippen molar-refractivity contribution in [3.8, 4) is 0 Å². The monoisotopic (exact) mass is 479 g/mol. The minimum absolute atomic E-state index is 0.00954. The smallest absolute Gasteiger partial charge is 0.320 e. The molecule has 1 aliphatic heterocycles. The summed E-state index contributed by atoms with van der Waals surface area (Å²) in [6.07, 6.45) is -3.99. The lowest BCUT2D eigenvalue weighted by molar-refractivity contribution is -0.304. The predicted molar refractivity (Wildman–Crippen MR) is 115 cm³/mol. The molecular formula is C16H33N3O8Si3. The van der Waals surface area contributed by atoms with E-state index >= 15 is 0 Å². The number of aryl methyl sites for hydroxylation is 1. The number of aliphatic hydroxyl groups is 4. The summed E-state index contributed by atoms with van der Waals surface area (Å²) >= 11 is 0. The summed E-state index contributed by atoms with van der Waals surface area (Å²) in [5.41, 5.74) is 1.59. The molecule has 1 aromatic heterocycles. The average molecular weight is 480 g/mol. The summed E-state index contributed by atoms with van der Waals surface area (Å²) in [6.45, 7) is 6.10. The Balaban J connectivity index is 1.84. The van der Waals surface area contributed by atoms with Gasteiger partial charge in [-0.1, -0.05) is 10.8 Å². The van der Waals surface area contributed by atoms with Crippen LogP contribution < -0.4 is 0 Å². The quantitative estimate of drug-likeness (QED) is 0.176. The Bertz CT molecular complexity index is 676. The first kappa shape index (κ1) is 25.5. The number of aromatic nitrogens is 3. The summed E-state index contributed by atoms with van der Waals surface area (Å²) in [5, 5.41) is 46.9. The van der Waals surface area contributed by atoms with Crippen molar-refractivity contribution in [2.24, 2.45) is 0 Å². The predicted octanol–water partition coefficient (Wildman–Crippen LogP) is -3.40. The molecule has 2 heterocycles. The van der Waals surface area contributed by atoms with Crippen molar-refractivity contribution in [1.29, 1.82) is 0 Å². The minimum atomic E-state index is -2.19. The van der Waals surface area contributed by atoms with Crippen molar-refractivity contribution in [2.45, 2.75) is 69.3 Å². The zero-order valence-corrected chi connectivity index (χ0v) is 22.7. The molecular weight excluding hydrogens is 446 g/mol. The van der Waals surface area contributed by atoms with Crippen LogP contribution in [-0.4, -0.2) is 102 Å². The third-order valence-electron chi connectivity index (χ3n) is 5.09. The molecule has 0 aliphatic carbocycles. The van der Waals surface area contributed by atoms with Gasteiger partial charge in [0.1, 0.15) is 51.1 Å². The summed E-state index contributed by atoms with van der Waals surface area (Å²) in [5.74, 6) is 0. The second-order valence-electron chi connectivity index (χ2n) is 7.54. The van der Waals surface area contributed by atoms with E-state index in [0.29, 0.717) is 33.2 Å². The minimum Gasteiger partial charge on any atom is -0.445 e. The number of hydrogen-bond acceptors (Lipinski definition) is 10. The lowest BCUT2D eigenvalue weighted by atomic mass is 9.99. The van der Waals surface area contributed by atoms with E-state index in [1.54, 1.807) is 10.9 Å². The molecule has 0 amide bonds. The molecule has 14 heteroatoms. The van der Waals surface area contributed by atoms with Gasteiger partial charge in [-0.05, 0) is 19.4 Å². The summed E-state index contributed by atoms with van der Waals surface area (Å²) in [6, 6.07) is 1.65. The molecule has 11 nitrogen and oxygen atoms in total. The highest BCUT2D eigenvalue weighted by Crippen LogP contribution is 2.24. The SMILES string of the molecule is C=C(C)C[Si](CCCn1cc(COC2OC(CO)C(O)C(O)C2O)nn1)(O[SiH3])O[SiH3]. The van der Waals surface area contributed by atoms with Gasteiger partial charge < -0.3 is 38.1 Å². The summed E-state index contributed by atoms with van der Waals surface area (Å²) < 4.78 is 24.2. The standard InChI is InChI=1S/C16H33N3O8Si3/c1-10(2)9-30(26-28,27-29)5-3-4-19-6-11(17-18-19)8-24-16-15(23)14(22)13(21)12(7-20)25-16/h6,12-16,20-23H,1,3-5,7-9H2,2,28-29H3. The highest BCUT2D eigenvalue weighted by Gasteiger charge is 2.44. The maximum absolute atomic E-state index is 10.0. The lowest BCUT2D eigenvalue weighted by Gasteiger charge is -2.39. The fourth-order valence-electron chi connectivity index (χ4n) is 3.38. The maximum Gasteiger partial charge on any atom is 0.320 e. The van der Waals surface area contributed by atoms with E-state index < -0.39 is 45.9 Å². The molecule has 4 N–H and O–H groups in total. The first-order valence-electron chi connectivity index (χ1n) is 9.81. The largest absolute Gasteiger partial charge is 0.445 e.